The zero-order valence-electron chi connectivity index (χ0n) is 20.0. The van der Waals surface area contributed by atoms with Crippen LogP contribution in [0.25, 0.3) is 11.1 Å². The van der Waals surface area contributed by atoms with E-state index in [1.807, 2.05) is 54.6 Å². The maximum absolute atomic E-state index is 10.7. The van der Waals surface area contributed by atoms with Gasteiger partial charge in [0, 0.05) is 13.0 Å². The Morgan fingerprint density at radius 2 is 1.81 bits per heavy atom. The summed E-state index contributed by atoms with van der Waals surface area (Å²) in [6.45, 7) is 0.942. The lowest BCUT2D eigenvalue weighted by Crippen LogP contribution is -2.55. The van der Waals surface area contributed by atoms with E-state index in [1.54, 1.807) is 7.11 Å². The molecule has 5 rings (SSSR count). The first kappa shape index (κ1) is 24.5. The molecule has 2 aliphatic rings. The zero-order valence-corrected chi connectivity index (χ0v) is 20.0. The van der Waals surface area contributed by atoms with Gasteiger partial charge in [-0.2, -0.15) is 0 Å². The van der Waals surface area contributed by atoms with Crippen molar-refractivity contribution in [2.24, 2.45) is 0 Å². The van der Waals surface area contributed by atoms with Crippen molar-refractivity contribution in [3.8, 4) is 22.6 Å². The summed E-state index contributed by atoms with van der Waals surface area (Å²) in [7, 11) is 1.64. The van der Waals surface area contributed by atoms with Gasteiger partial charge in [-0.3, -0.25) is 0 Å². The first-order valence-corrected chi connectivity index (χ1v) is 12.1. The maximum Gasteiger partial charge on any atom is 0.142 e. The van der Waals surface area contributed by atoms with Gasteiger partial charge in [0.1, 0.15) is 48.6 Å². The van der Waals surface area contributed by atoms with Crippen molar-refractivity contribution >= 4 is 5.69 Å². The number of aliphatic hydroxyl groups excluding tert-OH is 4. The van der Waals surface area contributed by atoms with E-state index in [0.717, 1.165) is 46.0 Å². The Bertz CT molecular complexity index is 1210. The van der Waals surface area contributed by atoms with Crippen molar-refractivity contribution in [1.82, 2.24) is 0 Å². The molecule has 36 heavy (non-hydrogen) atoms. The maximum atomic E-state index is 10.7. The average Bonchev–Trinajstić information content (AvgIpc) is 2.92. The Morgan fingerprint density at radius 3 is 2.61 bits per heavy atom. The van der Waals surface area contributed by atoms with E-state index < -0.39 is 37.1 Å². The predicted octanol–water partition coefficient (Wildman–Crippen LogP) is 2.27. The molecule has 0 aromatic heterocycles. The molecule has 0 saturated carbocycles. The van der Waals surface area contributed by atoms with E-state index in [-0.39, 0.29) is 0 Å². The summed E-state index contributed by atoms with van der Waals surface area (Å²) < 4.78 is 17.2. The highest BCUT2D eigenvalue weighted by atomic mass is 16.5. The minimum absolute atomic E-state index is 0.475. The molecule has 3 aromatic rings. The summed E-state index contributed by atoms with van der Waals surface area (Å²) in [5, 5.41) is 44.2. The topological polar surface area (TPSA) is 121 Å². The van der Waals surface area contributed by atoms with Crippen LogP contribution in [-0.4, -0.2) is 71.7 Å². The summed E-state index contributed by atoms with van der Waals surface area (Å²) in [5.41, 5.74) is 5.41. The highest BCUT2D eigenvalue weighted by molar-refractivity contribution is 5.70. The minimum Gasteiger partial charge on any atom is -0.496 e. The van der Waals surface area contributed by atoms with Gasteiger partial charge in [0.05, 0.1) is 19.4 Å². The van der Waals surface area contributed by atoms with E-state index in [9.17, 15) is 20.4 Å². The Hall–Kier alpha value is -3.14. The molecule has 1 saturated heterocycles. The zero-order chi connectivity index (χ0) is 25.2. The van der Waals surface area contributed by atoms with Crippen LogP contribution >= 0.6 is 0 Å². The fraction of sp³-hybridized carbons (Fsp3) is 0.357. The fourth-order valence-corrected chi connectivity index (χ4v) is 4.97. The van der Waals surface area contributed by atoms with Crippen LogP contribution in [0.1, 0.15) is 22.8 Å². The van der Waals surface area contributed by atoms with Crippen LogP contribution in [-0.2, 0) is 11.2 Å². The summed E-state index contributed by atoms with van der Waals surface area (Å²) >= 11 is 0. The van der Waals surface area contributed by atoms with Gasteiger partial charge in [-0.15, -0.1) is 0 Å². The number of rotatable bonds is 6. The second-order valence-electron chi connectivity index (χ2n) is 9.15. The lowest BCUT2D eigenvalue weighted by atomic mass is 9.87. The molecule has 8 nitrogen and oxygen atoms in total. The molecule has 8 heteroatoms. The van der Waals surface area contributed by atoms with Crippen LogP contribution in [0.3, 0.4) is 0 Å². The Morgan fingerprint density at radius 1 is 0.972 bits per heavy atom. The minimum atomic E-state index is -1.44. The number of hydrogen-bond acceptors (Lipinski definition) is 8. The second-order valence-corrected chi connectivity index (χ2v) is 9.15. The molecule has 0 unspecified atom stereocenters. The van der Waals surface area contributed by atoms with Gasteiger partial charge >= 0.3 is 0 Å². The van der Waals surface area contributed by atoms with Crippen LogP contribution in [0.15, 0.2) is 60.7 Å². The fourth-order valence-electron chi connectivity index (χ4n) is 4.97. The van der Waals surface area contributed by atoms with E-state index in [4.69, 9.17) is 14.2 Å². The molecule has 0 amide bonds. The highest BCUT2D eigenvalue weighted by Gasteiger charge is 2.44. The third kappa shape index (κ3) is 4.66. The summed E-state index contributed by atoms with van der Waals surface area (Å²) in [6.07, 6.45) is -5.47. The van der Waals surface area contributed by atoms with Gasteiger partial charge < -0.3 is 40.0 Å². The Balaban J connectivity index is 1.50. The van der Waals surface area contributed by atoms with Crippen LogP contribution < -0.4 is 14.8 Å². The molecule has 1 fully saturated rings. The molecule has 190 valence electrons. The number of aliphatic hydroxyl groups is 4. The monoisotopic (exact) mass is 493 g/mol. The molecule has 2 heterocycles. The van der Waals surface area contributed by atoms with Crippen LogP contribution in [0.4, 0.5) is 5.69 Å². The van der Waals surface area contributed by atoms with Crippen LogP contribution in [0.5, 0.6) is 11.5 Å². The molecule has 5 atom stereocenters. The quantitative estimate of drug-likeness (QED) is 0.355. The van der Waals surface area contributed by atoms with Crippen LogP contribution in [0, 0.1) is 0 Å². The number of methoxy groups -OCH3 is 1. The normalized spacial score (nSPS) is 25.4. The number of benzene rings is 3. The molecule has 0 bridgehead atoms. The Kier molecular flexibility index (Phi) is 7.13. The second kappa shape index (κ2) is 10.5. The van der Waals surface area contributed by atoms with Crippen molar-refractivity contribution in [1.29, 1.82) is 0 Å². The number of anilines is 1. The van der Waals surface area contributed by atoms with E-state index in [1.165, 1.54) is 0 Å². The summed E-state index contributed by atoms with van der Waals surface area (Å²) in [5.74, 6) is 1.60. The SMILES string of the molecule is COc1ccc(-c2ccccc2[C@@H]2O[C@H](CO)[C@@H](O)[C@H](O)[C@H]2O)cc1Cc1ccc2c(c1)NCCO2. The number of hydrogen-bond donors (Lipinski definition) is 5. The lowest BCUT2D eigenvalue weighted by Gasteiger charge is -2.40. The third-order valence-corrected chi connectivity index (χ3v) is 6.86. The van der Waals surface area contributed by atoms with Crippen LogP contribution in [0.2, 0.25) is 0 Å². The van der Waals surface area contributed by atoms with Crippen molar-refractivity contribution in [3.05, 3.63) is 77.4 Å². The molecular formula is C28H31NO7. The van der Waals surface area contributed by atoms with Crippen molar-refractivity contribution in [3.63, 3.8) is 0 Å². The summed E-state index contributed by atoms with van der Waals surface area (Å²) in [4.78, 5) is 0. The van der Waals surface area contributed by atoms with Gasteiger partial charge in [0.2, 0.25) is 0 Å². The third-order valence-electron chi connectivity index (χ3n) is 6.86. The first-order valence-electron chi connectivity index (χ1n) is 12.1. The van der Waals surface area contributed by atoms with E-state index in [0.29, 0.717) is 18.6 Å². The van der Waals surface area contributed by atoms with Gasteiger partial charge in [-0.05, 0) is 52.1 Å². The number of fused-ring (bicyclic) bond motifs is 1. The number of nitrogens with one attached hydrogen (secondary N) is 1. The van der Waals surface area contributed by atoms with Gasteiger partial charge in [0.15, 0.2) is 0 Å². The molecule has 2 aliphatic heterocycles. The van der Waals surface area contributed by atoms with Gasteiger partial charge in [-0.25, -0.2) is 0 Å². The van der Waals surface area contributed by atoms with Gasteiger partial charge in [-0.1, -0.05) is 36.4 Å². The standard InChI is InChI=1S/C28H31NO7/c1-34-22-9-7-17(14-18(22)12-16-6-8-23-21(13-16)29-10-11-35-23)19-4-2-3-5-20(19)28-27(33)26(32)25(31)24(15-30)36-28/h2-9,13-14,24-33H,10-12,15H2,1H3/t24-,25-,26+,27-,28+/m1/s1. The average molecular weight is 494 g/mol. The molecular weight excluding hydrogens is 462 g/mol. The van der Waals surface area contributed by atoms with Crippen molar-refractivity contribution in [2.75, 3.05) is 32.2 Å². The molecule has 3 aromatic carbocycles. The largest absolute Gasteiger partial charge is 0.496 e. The highest BCUT2D eigenvalue weighted by Crippen LogP contribution is 2.39. The Labute approximate surface area is 209 Å². The predicted molar refractivity (Wildman–Crippen MR) is 134 cm³/mol. The van der Waals surface area contributed by atoms with E-state index >= 15 is 0 Å². The molecule has 0 radical (unpaired) electrons. The first-order chi connectivity index (χ1) is 17.5. The van der Waals surface area contributed by atoms with Crippen molar-refractivity contribution in [2.45, 2.75) is 36.9 Å². The molecule has 0 spiro atoms. The lowest BCUT2D eigenvalue weighted by molar-refractivity contribution is -0.231. The number of ether oxygens (including phenoxy) is 3. The smallest absolute Gasteiger partial charge is 0.142 e. The summed E-state index contributed by atoms with van der Waals surface area (Å²) in [6, 6.07) is 19.5. The molecule has 5 N–H and O–H groups in total. The van der Waals surface area contributed by atoms with E-state index in [2.05, 4.69) is 11.4 Å². The van der Waals surface area contributed by atoms with Gasteiger partial charge in [0.25, 0.3) is 0 Å². The molecule has 0 aliphatic carbocycles. The van der Waals surface area contributed by atoms with Crippen molar-refractivity contribution < 1.29 is 34.6 Å².